The van der Waals surface area contributed by atoms with Gasteiger partial charge in [0.25, 0.3) is 0 Å². The number of aliphatic hydroxyl groups excluding tert-OH is 1. The zero-order valence-electron chi connectivity index (χ0n) is 12.3. The summed E-state index contributed by atoms with van der Waals surface area (Å²) in [4.78, 5) is 25.6. The summed E-state index contributed by atoms with van der Waals surface area (Å²) in [7, 11) is 0. The molecule has 1 fully saturated rings. The van der Waals surface area contributed by atoms with Crippen LogP contribution in [0.1, 0.15) is 47.0 Å². The van der Waals surface area contributed by atoms with Gasteiger partial charge in [-0.2, -0.15) is 0 Å². The fraction of sp³-hybridized carbons (Fsp3) is 0.857. The number of likely N-dealkylation sites (tertiary alicyclic amines) is 1. The molecule has 5 nitrogen and oxygen atoms in total. The molecular weight excluding hydrogens is 246 g/mol. The Morgan fingerprint density at radius 3 is 2.58 bits per heavy atom. The molecule has 5 heteroatoms. The first-order chi connectivity index (χ1) is 8.74. The van der Waals surface area contributed by atoms with Gasteiger partial charge in [-0.15, -0.1) is 0 Å². The Bertz CT molecular complexity index is 335. The first-order valence-corrected chi connectivity index (χ1v) is 6.88. The molecule has 0 radical (unpaired) electrons. The van der Waals surface area contributed by atoms with Crippen LogP contribution in [0.4, 0.5) is 0 Å². The van der Waals surface area contributed by atoms with Crippen molar-refractivity contribution < 1.29 is 19.4 Å². The lowest BCUT2D eigenvalue weighted by atomic mass is 10.1. The van der Waals surface area contributed by atoms with Crippen molar-refractivity contribution in [2.45, 2.75) is 58.6 Å². The number of esters is 1. The number of carbonyl (C=O) groups is 2. The number of ether oxygens (including phenoxy) is 1. The second kappa shape index (κ2) is 6.37. The summed E-state index contributed by atoms with van der Waals surface area (Å²) in [6.45, 7) is 7.81. The molecule has 1 heterocycles. The van der Waals surface area contributed by atoms with Gasteiger partial charge < -0.3 is 14.7 Å². The minimum atomic E-state index is -0.527. The number of aliphatic hydroxyl groups is 1. The number of amides is 1. The molecule has 0 aromatic heterocycles. The lowest BCUT2D eigenvalue weighted by molar-refractivity contribution is -0.158. The zero-order chi connectivity index (χ0) is 14.6. The molecule has 0 spiro atoms. The van der Waals surface area contributed by atoms with Crippen molar-refractivity contribution >= 4 is 11.9 Å². The van der Waals surface area contributed by atoms with Gasteiger partial charge in [-0.1, -0.05) is 6.92 Å². The molecule has 0 aliphatic carbocycles. The number of carbonyl (C=O) groups excluding carboxylic acids is 2. The molecule has 0 aromatic rings. The minimum Gasteiger partial charge on any atom is -0.460 e. The van der Waals surface area contributed by atoms with E-state index in [2.05, 4.69) is 0 Å². The van der Waals surface area contributed by atoms with Crippen LogP contribution in [0.25, 0.3) is 0 Å². The van der Waals surface area contributed by atoms with E-state index in [1.807, 2.05) is 0 Å². The first kappa shape index (κ1) is 16.0. The van der Waals surface area contributed by atoms with Crippen LogP contribution in [0, 0.1) is 5.92 Å². The Balaban J connectivity index is 2.51. The third-order valence-electron chi connectivity index (χ3n) is 3.19. The van der Waals surface area contributed by atoms with Crippen molar-refractivity contribution in [2.75, 3.05) is 13.2 Å². The molecule has 110 valence electrons. The average Bonchev–Trinajstić information content (AvgIpc) is 2.72. The van der Waals surface area contributed by atoms with E-state index in [0.29, 0.717) is 6.54 Å². The lowest BCUT2D eigenvalue weighted by Gasteiger charge is -2.26. The standard InChI is InChI=1S/C14H25NO4/c1-10(8-12(17)19-14(2,3)4)13(18)15-7-5-6-11(15)9-16/h10-11,16H,5-9H2,1-4H3/t10-,11+/m1/s1. The maximum absolute atomic E-state index is 12.2. The topological polar surface area (TPSA) is 66.8 Å². The van der Waals surface area contributed by atoms with Crippen molar-refractivity contribution in [3.63, 3.8) is 0 Å². The number of hydrogen-bond donors (Lipinski definition) is 1. The number of nitrogens with zero attached hydrogens (tertiary/aromatic N) is 1. The summed E-state index contributed by atoms with van der Waals surface area (Å²) in [5, 5.41) is 9.22. The van der Waals surface area contributed by atoms with E-state index in [9.17, 15) is 14.7 Å². The zero-order valence-corrected chi connectivity index (χ0v) is 12.3. The highest BCUT2D eigenvalue weighted by atomic mass is 16.6. The summed E-state index contributed by atoms with van der Waals surface area (Å²) in [6.07, 6.45) is 1.84. The highest BCUT2D eigenvalue weighted by Gasteiger charge is 2.32. The number of hydrogen-bond acceptors (Lipinski definition) is 4. The van der Waals surface area contributed by atoms with Crippen molar-refractivity contribution in [2.24, 2.45) is 5.92 Å². The summed E-state index contributed by atoms with van der Waals surface area (Å²) < 4.78 is 5.22. The van der Waals surface area contributed by atoms with Gasteiger partial charge in [0, 0.05) is 12.5 Å². The van der Waals surface area contributed by atoms with Crippen molar-refractivity contribution in [1.29, 1.82) is 0 Å². The molecule has 0 saturated carbocycles. The SMILES string of the molecule is C[C@H](CC(=O)OC(C)(C)C)C(=O)N1CCC[C@H]1CO. The molecule has 1 rings (SSSR count). The highest BCUT2D eigenvalue weighted by Crippen LogP contribution is 2.21. The quantitative estimate of drug-likeness (QED) is 0.784. The van der Waals surface area contributed by atoms with Crippen molar-refractivity contribution in [1.82, 2.24) is 4.90 Å². The average molecular weight is 271 g/mol. The Hall–Kier alpha value is -1.10. The normalized spacial score (nSPS) is 21.3. The fourth-order valence-electron chi connectivity index (χ4n) is 2.32. The predicted octanol–water partition coefficient (Wildman–Crippen LogP) is 1.34. The molecule has 0 unspecified atom stereocenters. The van der Waals surface area contributed by atoms with Crippen LogP contribution in [0.2, 0.25) is 0 Å². The predicted molar refractivity (Wildman–Crippen MR) is 71.4 cm³/mol. The van der Waals surface area contributed by atoms with Gasteiger partial charge in [-0.25, -0.2) is 0 Å². The van der Waals surface area contributed by atoms with Gasteiger partial charge in [0.15, 0.2) is 0 Å². The van der Waals surface area contributed by atoms with E-state index in [1.165, 1.54) is 0 Å². The maximum atomic E-state index is 12.2. The van der Waals surface area contributed by atoms with Crippen LogP contribution in [0.5, 0.6) is 0 Å². The van der Waals surface area contributed by atoms with E-state index in [-0.39, 0.29) is 30.9 Å². The molecule has 1 saturated heterocycles. The Morgan fingerprint density at radius 2 is 2.05 bits per heavy atom. The van der Waals surface area contributed by atoms with E-state index < -0.39 is 11.5 Å². The van der Waals surface area contributed by atoms with Gasteiger partial charge in [-0.05, 0) is 33.6 Å². The van der Waals surface area contributed by atoms with Crippen molar-refractivity contribution in [3.8, 4) is 0 Å². The molecule has 0 bridgehead atoms. The van der Waals surface area contributed by atoms with Crippen LogP contribution in [0.3, 0.4) is 0 Å². The lowest BCUT2D eigenvalue weighted by Crippen LogP contribution is -2.41. The molecule has 19 heavy (non-hydrogen) atoms. The Labute approximate surface area is 114 Å². The van der Waals surface area contributed by atoms with Crippen molar-refractivity contribution in [3.05, 3.63) is 0 Å². The second-order valence-corrected chi connectivity index (χ2v) is 6.20. The Morgan fingerprint density at radius 1 is 1.42 bits per heavy atom. The maximum Gasteiger partial charge on any atom is 0.307 e. The van der Waals surface area contributed by atoms with Gasteiger partial charge in [0.1, 0.15) is 5.60 Å². The monoisotopic (exact) mass is 271 g/mol. The van der Waals surface area contributed by atoms with E-state index >= 15 is 0 Å². The molecule has 0 aromatic carbocycles. The molecule has 1 N–H and O–H groups in total. The third-order valence-corrected chi connectivity index (χ3v) is 3.19. The van der Waals surface area contributed by atoms with E-state index in [1.54, 1.807) is 32.6 Å². The Kier molecular flexibility index (Phi) is 5.35. The highest BCUT2D eigenvalue weighted by molar-refractivity contribution is 5.84. The first-order valence-electron chi connectivity index (χ1n) is 6.88. The fourth-order valence-corrected chi connectivity index (χ4v) is 2.32. The van der Waals surface area contributed by atoms with Crippen LogP contribution in [0.15, 0.2) is 0 Å². The molecule has 1 aliphatic heterocycles. The molecule has 2 atom stereocenters. The van der Waals surface area contributed by atoms with Gasteiger partial charge in [0.05, 0.1) is 19.1 Å². The molecular formula is C14H25NO4. The van der Waals surface area contributed by atoms with Crippen LogP contribution in [-0.2, 0) is 14.3 Å². The largest absolute Gasteiger partial charge is 0.460 e. The van der Waals surface area contributed by atoms with Crippen LogP contribution in [-0.4, -0.2) is 46.7 Å². The molecule has 1 aliphatic rings. The van der Waals surface area contributed by atoms with E-state index in [4.69, 9.17) is 4.74 Å². The van der Waals surface area contributed by atoms with Gasteiger partial charge >= 0.3 is 5.97 Å². The van der Waals surface area contributed by atoms with E-state index in [0.717, 1.165) is 12.8 Å². The number of rotatable bonds is 4. The summed E-state index contributed by atoms with van der Waals surface area (Å²) in [5.74, 6) is -0.822. The second-order valence-electron chi connectivity index (χ2n) is 6.20. The smallest absolute Gasteiger partial charge is 0.307 e. The van der Waals surface area contributed by atoms with Crippen LogP contribution >= 0.6 is 0 Å². The molecule has 1 amide bonds. The summed E-state index contributed by atoms with van der Waals surface area (Å²) in [6, 6.07) is -0.0893. The van der Waals surface area contributed by atoms with Crippen LogP contribution < -0.4 is 0 Å². The summed E-state index contributed by atoms with van der Waals surface area (Å²) >= 11 is 0. The third kappa shape index (κ3) is 4.82. The summed E-state index contributed by atoms with van der Waals surface area (Å²) in [5.41, 5.74) is -0.527. The minimum absolute atomic E-state index is 0.00903. The van der Waals surface area contributed by atoms with Gasteiger partial charge in [0.2, 0.25) is 5.91 Å². The van der Waals surface area contributed by atoms with Gasteiger partial charge in [-0.3, -0.25) is 9.59 Å².